The number of hydrogen-bond acceptors (Lipinski definition) is 4. The number of para-hydroxylation sites is 2. The van der Waals surface area contributed by atoms with Crippen LogP contribution in [0.3, 0.4) is 0 Å². The number of aromatic nitrogens is 1. The summed E-state index contributed by atoms with van der Waals surface area (Å²) in [6.07, 6.45) is 1.88. The van der Waals surface area contributed by atoms with Gasteiger partial charge < -0.3 is 4.90 Å². The van der Waals surface area contributed by atoms with Gasteiger partial charge in [0.2, 0.25) is 0 Å². The average Bonchev–Trinajstić information content (AvgIpc) is 2.97. The lowest BCUT2D eigenvalue weighted by Crippen LogP contribution is -2.21. The normalized spacial score (nSPS) is 13.2. The zero-order valence-corrected chi connectivity index (χ0v) is 20.7. The highest BCUT2D eigenvalue weighted by atomic mass is 32.2. The van der Waals surface area contributed by atoms with Crippen LogP contribution in [-0.4, -0.2) is 4.98 Å². The molecule has 4 heteroatoms. The third kappa shape index (κ3) is 3.00. The Labute approximate surface area is 219 Å². The highest BCUT2D eigenvalue weighted by Crippen LogP contribution is 2.60. The average molecular weight is 492 g/mol. The Kier molecular flexibility index (Phi) is 4.45. The number of benzene rings is 5. The maximum absolute atomic E-state index is 4.83. The van der Waals surface area contributed by atoms with Crippen LogP contribution in [0.25, 0.3) is 21.9 Å². The van der Waals surface area contributed by atoms with Gasteiger partial charge in [-0.2, -0.15) is 0 Å². The van der Waals surface area contributed by atoms with Crippen molar-refractivity contribution in [1.29, 1.82) is 0 Å². The predicted octanol–water partition coefficient (Wildman–Crippen LogP) is 9.62. The highest BCUT2D eigenvalue weighted by Gasteiger charge is 2.34. The Morgan fingerprint density at radius 2 is 1.32 bits per heavy atom. The first-order valence-corrected chi connectivity index (χ1v) is 13.2. The maximum Gasteiger partial charge on any atom is 0.137 e. The van der Waals surface area contributed by atoms with E-state index < -0.39 is 0 Å². The van der Waals surface area contributed by atoms with Crippen molar-refractivity contribution in [3.8, 4) is 11.1 Å². The van der Waals surface area contributed by atoms with Gasteiger partial charge >= 0.3 is 0 Å². The smallest absolute Gasteiger partial charge is 0.137 e. The molecule has 0 unspecified atom stereocenters. The molecular weight excluding hydrogens is 470 g/mol. The number of nitrogens with zero attached hydrogens (tertiary/aromatic N) is 3. The molecule has 37 heavy (non-hydrogen) atoms. The molecule has 6 aromatic rings. The fourth-order valence-corrected chi connectivity index (χ4v) is 6.87. The molecule has 3 heterocycles. The Morgan fingerprint density at radius 1 is 0.541 bits per heavy atom. The molecule has 3 nitrogen and oxygen atoms in total. The minimum atomic E-state index is 0.921. The van der Waals surface area contributed by atoms with E-state index in [2.05, 4.69) is 125 Å². The molecule has 174 valence electrons. The van der Waals surface area contributed by atoms with Crippen LogP contribution in [0.5, 0.6) is 0 Å². The quantitative estimate of drug-likeness (QED) is 0.240. The molecule has 0 saturated carbocycles. The molecule has 0 saturated heterocycles. The van der Waals surface area contributed by atoms with Gasteiger partial charge in [-0.3, -0.25) is 4.90 Å². The first-order valence-electron chi connectivity index (χ1n) is 12.4. The van der Waals surface area contributed by atoms with Crippen LogP contribution >= 0.6 is 11.8 Å². The second kappa shape index (κ2) is 7.99. The molecule has 8 rings (SSSR count). The minimum Gasteiger partial charge on any atom is -0.308 e. The van der Waals surface area contributed by atoms with Crippen molar-refractivity contribution in [3.63, 3.8) is 0 Å². The van der Waals surface area contributed by atoms with Gasteiger partial charge in [0.05, 0.1) is 27.6 Å². The summed E-state index contributed by atoms with van der Waals surface area (Å²) in [5.74, 6) is 0.921. The van der Waals surface area contributed by atoms with E-state index in [0.29, 0.717) is 0 Å². The maximum atomic E-state index is 4.83. The highest BCUT2D eigenvalue weighted by molar-refractivity contribution is 8.00. The molecule has 0 atom stereocenters. The summed E-state index contributed by atoms with van der Waals surface area (Å²) in [6, 6.07) is 43.2. The Bertz CT molecular complexity index is 1810. The van der Waals surface area contributed by atoms with Gasteiger partial charge in [-0.15, -0.1) is 0 Å². The van der Waals surface area contributed by atoms with Crippen molar-refractivity contribution in [3.05, 3.63) is 128 Å². The Hall–Kier alpha value is -4.54. The van der Waals surface area contributed by atoms with Gasteiger partial charge in [0.15, 0.2) is 0 Å². The van der Waals surface area contributed by atoms with Gasteiger partial charge in [0.25, 0.3) is 0 Å². The van der Waals surface area contributed by atoms with E-state index in [4.69, 9.17) is 4.98 Å². The number of pyridine rings is 1. The summed E-state index contributed by atoms with van der Waals surface area (Å²) >= 11 is 1.85. The number of hydrogen-bond donors (Lipinski definition) is 0. The molecular formula is C33H21N3S. The summed E-state index contributed by atoms with van der Waals surface area (Å²) in [5, 5.41) is 2.51. The second-order valence-electron chi connectivity index (χ2n) is 9.25. The van der Waals surface area contributed by atoms with Gasteiger partial charge in [-0.1, -0.05) is 84.6 Å². The van der Waals surface area contributed by atoms with Crippen molar-refractivity contribution in [2.24, 2.45) is 0 Å². The van der Waals surface area contributed by atoms with Crippen LogP contribution in [0.2, 0.25) is 0 Å². The summed E-state index contributed by atoms with van der Waals surface area (Å²) in [4.78, 5) is 12.1. The van der Waals surface area contributed by atoms with Crippen LogP contribution in [0.1, 0.15) is 0 Å². The SMILES string of the molecule is c1ccc(N2c3ccccc3Sc3c2ccc2c3N(c3ccccn3)c3cccc4cccc-2c34)cc1. The van der Waals surface area contributed by atoms with Crippen LogP contribution in [0.15, 0.2) is 137 Å². The molecule has 0 amide bonds. The largest absolute Gasteiger partial charge is 0.308 e. The van der Waals surface area contributed by atoms with Crippen LogP contribution in [0, 0.1) is 0 Å². The second-order valence-corrected chi connectivity index (χ2v) is 10.3. The fourth-order valence-electron chi connectivity index (χ4n) is 5.68. The third-order valence-corrected chi connectivity index (χ3v) is 8.37. The Balaban J connectivity index is 1.48. The zero-order chi connectivity index (χ0) is 24.3. The predicted molar refractivity (Wildman–Crippen MR) is 154 cm³/mol. The lowest BCUT2D eigenvalue weighted by molar-refractivity contribution is 1.12. The molecule has 5 aromatic carbocycles. The molecule has 2 aliphatic heterocycles. The zero-order valence-electron chi connectivity index (χ0n) is 19.9. The van der Waals surface area contributed by atoms with Crippen molar-refractivity contribution in [2.75, 3.05) is 9.80 Å². The monoisotopic (exact) mass is 491 g/mol. The third-order valence-electron chi connectivity index (χ3n) is 7.20. The summed E-state index contributed by atoms with van der Waals surface area (Å²) < 4.78 is 0. The topological polar surface area (TPSA) is 19.4 Å². The molecule has 0 spiro atoms. The van der Waals surface area contributed by atoms with E-state index in [1.165, 1.54) is 54.4 Å². The van der Waals surface area contributed by atoms with Gasteiger partial charge in [0, 0.05) is 27.7 Å². The molecule has 0 N–H and O–H groups in total. The van der Waals surface area contributed by atoms with Crippen molar-refractivity contribution >= 4 is 56.8 Å². The summed E-state index contributed by atoms with van der Waals surface area (Å²) in [7, 11) is 0. The van der Waals surface area contributed by atoms with Crippen LogP contribution < -0.4 is 9.80 Å². The molecule has 2 aliphatic rings. The molecule has 0 radical (unpaired) electrons. The molecule has 1 aromatic heterocycles. The Morgan fingerprint density at radius 3 is 2.19 bits per heavy atom. The van der Waals surface area contributed by atoms with Crippen LogP contribution in [-0.2, 0) is 0 Å². The van der Waals surface area contributed by atoms with Gasteiger partial charge in [0.1, 0.15) is 5.82 Å². The van der Waals surface area contributed by atoms with E-state index in [1.54, 1.807) is 0 Å². The van der Waals surface area contributed by atoms with E-state index in [9.17, 15) is 0 Å². The molecule has 0 aliphatic carbocycles. The van der Waals surface area contributed by atoms with Crippen molar-refractivity contribution < 1.29 is 0 Å². The standard InChI is InChI=1S/C33H21N3S/c1-2-12-23(13-3-1)35-26-15-4-5-17-29(26)37-33-28(35)20-19-25-24-14-8-10-22-11-9-16-27(31(22)24)36(32(25)33)30-18-6-7-21-34-30/h1-21H. The fraction of sp³-hybridized carbons (Fsp3) is 0. The van der Waals surface area contributed by atoms with Gasteiger partial charge in [-0.05, 0) is 59.5 Å². The van der Waals surface area contributed by atoms with Crippen LogP contribution in [0.4, 0.5) is 34.3 Å². The summed E-state index contributed by atoms with van der Waals surface area (Å²) in [6.45, 7) is 0. The van der Waals surface area contributed by atoms with Crippen molar-refractivity contribution in [2.45, 2.75) is 9.79 Å². The van der Waals surface area contributed by atoms with Crippen molar-refractivity contribution in [1.82, 2.24) is 4.98 Å². The number of rotatable bonds is 2. The van der Waals surface area contributed by atoms with E-state index in [-0.39, 0.29) is 0 Å². The van der Waals surface area contributed by atoms with E-state index in [0.717, 1.165) is 11.5 Å². The lowest BCUT2D eigenvalue weighted by atomic mass is 9.90. The summed E-state index contributed by atoms with van der Waals surface area (Å²) in [5.41, 5.74) is 8.38. The molecule has 0 fully saturated rings. The first-order chi connectivity index (χ1) is 18.4. The van der Waals surface area contributed by atoms with Gasteiger partial charge in [-0.25, -0.2) is 4.98 Å². The van der Waals surface area contributed by atoms with E-state index >= 15 is 0 Å². The minimum absolute atomic E-state index is 0.921. The van der Waals surface area contributed by atoms with E-state index in [1.807, 2.05) is 24.0 Å². The number of anilines is 6. The number of fused-ring (bicyclic) bond motifs is 5. The lowest BCUT2D eigenvalue weighted by Gasteiger charge is -2.39. The molecule has 0 bridgehead atoms. The first kappa shape index (κ1) is 20.6.